The second kappa shape index (κ2) is 5.58. The summed E-state index contributed by atoms with van der Waals surface area (Å²) in [5.74, 6) is -0.0151. The molecule has 1 aliphatic carbocycles. The van der Waals surface area contributed by atoms with Crippen LogP contribution in [0.1, 0.15) is 33.8 Å². The molecular weight excluding hydrogens is 282 g/mol. The van der Waals surface area contributed by atoms with Crippen LogP contribution in [0.4, 0.5) is 0 Å². The molecule has 5 heteroatoms. The van der Waals surface area contributed by atoms with Crippen molar-refractivity contribution < 1.29 is 4.79 Å². The van der Waals surface area contributed by atoms with Gasteiger partial charge in [0, 0.05) is 18.0 Å². The smallest absolute Gasteiger partial charge is 0.263 e. The average Bonchev–Trinajstić information content (AvgIpc) is 2.89. The number of rotatable bonds is 4. The normalized spacial score (nSPS) is 24.4. The zero-order chi connectivity index (χ0) is 14.9. The zero-order valence-electron chi connectivity index (χ0n) is 12.0. The third-order valence-electron chi connectivity index (χ3n) is 4.34. The number of amides is 1. The Hall–Kier alpha value is -1.72. The van der Waals surface area contributed by atoms with Crippen molar-refractivity contribution in [3.05, 3.63) is 52.0 Å². The van der Waals surface area contributed by atoms with Crippen molar-refractivity contribution >= 4 is 17.2 Å². The summed E-state index contributed by atoms with van der Waals surface area (Å²) in [6.45, 7) is 2.48. The third-order valence-corrected chi connectivity index (χ3v) is 5.27. The maximum Gasteiger partial charge on any atom is 0.263 e. The van der Waals surface area contributed by atoms with E-state index in [0.717, 1.165) is 18.5 Å². The van der Waals surface area contributed by atoms with Crippen LogP contribution in [-0.2, 0) is 5.41 Å². The van der Waals surface area contributed by atoms with E-state index in [0.29, 0.717) is 11.4 Å². The summed E-state index contributed by atoms with van der Waals surface area (Å²) in [5.41, 5.74) is 9.78. The summed E-state index contributed by atoms with van der Waals surface area (Å²) in [5, 5.41) is 3.09. The van der Waals surface area contributed by atoms with Crippen molar-refractivity contribution in [3.63, 3.8) is 0 Å². The molecule has 1 aliphatic rings. The van der Waals surface area contributed by atoms with Gasteiger partial charge < -0.3 is 11.1 Å². The number of carbonyl (C=O) groups excluding carboxylic acids is 1. The lowest BCUT2D eigenvalue weighted by Crippen LogP contribution is -2.56. The predicted octanol–water partition coefficient (Wildman–Crippen LogP) is 2.24. The van der Waals surface area contributed by atoms with Crippen LogP contribution in [0.5, 0.6) is 0 Å². The van der Waals surface area contributed by atoms with Gasteiger partial charge in [-0.2, -0.15) is 0 Å². The van der Waals surface area contributed by atoms with Gasteiger partial charge in [0.25, 0.3) is 5.91 Å². The predicted molar refractivity (Wildman–Crippen MR) is 84.5 cm³/mol. The molecule has 21 heavy (non-hydrogen) atoms. The first kappa shape index (κ1) is 14.2. The van der Waals surface area contributed by atoms with Gasteiger partial charge in [-0.1, -0.05) is 30.3 Å². The molecule has 0 atom stereocenters. The van der Waals surface area contributed by atoms with E-state index in [1.807, 2.05) is 25.1 Å². The highest BCUT2D eigenvalue weighted by Gasteiger charge is 2.45. The van der Waals surface area contributed by atoms with E-state index in [4.69, 9.17) is 5.73 Å². The van der Waals surface area contributed by atoms with Crippen LogP contribution >= 0.6 is 11.3 Å². The Morgan fingerprint density at radius 1 is 1.43 bits per heavy atom. The van der Waals surface area contributed by atoms with Gasteiger partial charge in [0.2, 0.25) is 0 Å². The molecule has 1 aromatic heterocycles. The number of aromatic nitrogens is 1. The quantitative estimate of drug-likeness (QED) is 0.910. The summed E-state index contributed by atoms with van der Waals surface area (Å²) in [6, 6.07) is 10.5. The highest BCUT2D eigenvalue weighted by molar-refractivity contribution is 7.11. The molecule has 1 aromatic carbocycles. The topological polar surface area (TPSA) is 68.0 Å². The van der Waals surface area contributed by atoms with Crippen molar-refractivity contribution in [3.8, 4) is 0 Å². The standard InChI is InChI=1S/C16H19N3OS/c1-11-14(21-10-18-11)15(20)19-13-7-16(8-13,9-17)12-5-3-2-4-6-12/h2-6,10,13H,7-9,17H2,1H3,(H,19,20). The maximum absolute atomic E-state index is 12.2. The van der Waals surface area contributed by atoms with Crippen LogP contribution in [0, 0.1) is 6.92 Å². The Labute approximate surface area is 128 Å². The fraction of sp³-hybridized carbons (Fsp3) is 0.375. The molecule has 1 amide bonds. The van der Waals surface area contributed by atoms with Crippen LogP contribution in [-0.4, -0.2) is 23.5 Å². The Kier molecular flexibility index (Phi) is 3.78. The molecular formula is C16H19N3OS. The van der Waals surface area contributed by atoms with E-state index in [-0.39, 0.29) is 17.4 Å². The van der Waals surface area contributed by atoms with Gasteiger partial charge in [0.05, 0.1) is 11.2 Å². The Morgan fingerprint density at radius 2 is 2.14 bits per heavy atom. The molecule has 2 aromatic rings. The number of nitrogens with two attached hydrogens (primary N) is 1. The fourth-order valence-corrected chi connectivity index (χ4v) is 3.77. The van der Waals surface area contributed by atoms with Gasteiger partial charge in [-0.05, 0) is 25.3 Å². The second-order valence-electron chi connectivity index (χ2n) is 5.70. The summed E-state index contributed by atoms with van der Waals surface area (Å²) < 4.78 is 0. The first-order chi connectivity index (χ1) is 10.1. The largest absolute Gasteiger partial charge is 0.348 e. The summed E-state index contributed by atoms with van der Waals surface area (Å²) >= 11 is 1.39. The monoisotopic (exact) mass is 301 g/mol. The molecule has 3 rings (SSSR count). The third kappa shape index (κ3) is 2.59. The van der Waals surface area contributed by atoms with Crippen LogP contribution in [0.25, 0.3) is 0 Å². The van der Waals surface area contributed by atoms with Crippen molar-refractivity contribution in [2.75, 3.05) is 6.54 Å². The van der Waals surface area contributed by atoms with E-state index in [1.54, 1.807) is 5.51 Å². The second-order valence-corrected chi connectivity index (χ2v) is 6.55. The lowest BCUT2D eigenvalue weighted by molar-refractivity contribution is 0.0870. The molecule has 1 heterocycles. The van der Waals surface area contributed by atoms with E-state index >= 15 is 0 Å². The number of nitrogens with zero attached hydrogens (tertiary/aromatic N) is 1. The average molecular weight is 301 g/mol. The minimum atomic E-state index is -0.0151. The Bertz CT molecular complexity index is 632. The molecule has 0 bridgehead atoms. The highest BCUT2D eigenvalue weighted by Crippen LogP contribution is 2.43. The molecule has 4 nitrogen and oxygen atoms in total. The molecule has 110 valence electrons. The van der Waals surface area contributed by atoms with E-state index in [2.05, 4.69) is 22.4 Å². The number of nitrogens with one attached hydrogen (secondary N) is 1. The SMILES string of the molecule is Cc1ncsc1C(=O)NC1CC(CN)(c2ccccc2)C1. The number of hydrogen-bond donors (Lipinski definition) is 2. The minimum absolute atomic E-state index is 0.0151. The molecule has 0 spiro atoms. The molecule has 1 fully saturated rings. The van der Waals surface area contributed by atoms with Crippen molar-refractivity contribution in [1.29, 1.82) is 0 Å². The van der Waals surface area contributed by atoms with Crippen LogP contribution in [0.3, 0.4) is 0 Å². The van der Waals surface area contributed by atoms with Gasteiger partial charge in [0.1, 0.15) is 4.88 Å². The van der Waals surface area contributed by atoms with Crippen LogP contribution < -0.4 is 11.1 Å². The zero-order valence-corrected chi connectivity index (χ0v) is 12.8. The number of thiazole rings is 1. The van der Waals surface area contributed by atoms with E-state index < -0.39 is 0 Å². The van der Waals surface area contributed by atoms with Gasteiger partial charge in [-0.3, -0.25) is 4.79 Å². The lowest BCUT2D eigenvalue weighted by atomic mass is 9.61. The van der Waals surface area contributed by atoms with Crippen molar-refractivity contribution in [1.82, 2.24) is 10.3 Å². The number of aryl methyl sites for hydroxylation is 1. The van der Waals surface area contributed by atoms with Gasteiger partial charge in [-0.15, -0.1) is 11.3 Å². The van der Waals surface area contributed by atoms with Gasteiger partial charge in [0.15, 0.2) is 0 Å². The Balaban J connectivity index is 1.65. The number of carbonyl (C=O) groups is 1. The molecule has 0 unspecified atom stereocenters. The molecule has 3 N–H and O–H groups in total. The van der Waals surface area contributed by atoms with Crippen LogP contribution in [0.15, 0.2) is 35.8 Å². The highest BCUT2D eigenvalue weighted by atomic mass is 32.1. The van der Waals surface area contributed by atoms with Crippen molar-refractivity contribution in [2.24, 2.45) is 5.73 Å². The van der Waals surface area contributed by atoms with Gasteiger partial charge >= 0.3 is 0 Å². The number of hydrogen-bond acceptors (Lipinski definition) is 4. The lowest BCUT2D eigenvalue weighted by Gasteiger charge is -2.47. The molecule has 0 radical (unpaired) electrons. The molecule has 1 saturated carbocycles. The van der Waals surface area contributed by atoms with E-state index in [1.165, 1.54) is 16.9 Å². The summed E-state index contributed by atoms with van der Waals surface area (Å²) in [7, 11) is 0. The molecule has 0 saturated heterocycles. The van der Waals surface area contributed by atoms with Crippen LogP contribution in [0.2, 0.25) is 0 Å². The molecule has 0 aliphatic heterocycles. The van der Waals surface area contributed by atoms with E-state index in [9.17, 15) is 4.79 Å². The van der Waals surface area contributed by atoms with Crippen molar-refractivity contribution in [2.45, 2.75) is 31.2 Å². The first-order valence-electron chi connectivity index (χ1n) is 7.11. The maximum atomic E-state index is 12.2. The minimum Gasteiger partial charge on any atom is -0.348 e. The first-order valence-corrected chi connectivity index (χ1v) is 7.99. The number of benzene rings is 1. The fourth-order valence-electron chi connectivity index (χ4n) is 3.07. The van der Waals surface area contributed by atoms with Gasteiger partial charge in [-0.25, -0.2) is 4.98 Å². The Morgan fingerprint density at radius 3 is 2.71 bits per heavy atom. The summed E-state index contributed by atoms with van der Waals surface area (Å²) in [4.78, 5) is 17.0. The summed E-state index contributed by atoms with van der Waals surface area (Å²) in [6.07, 6.45) is 1.80.